The zero-order valence-electron chi connectivity index (χ0n) is 10.0. The topological polar surface area (TPSA) is 60.9 Å². The van der Waals surface area contributed by atoms with Crippen LogP contribution in [-0.2, 0) is 9.59 Å². The molecular formula is C12H9BrN2O3S2. The minimum absolute atomic E-state index is 0.168. The number of fused-ring (bicyclic) bond motifs is 1. The number of rotatable bonds is 2. The molecule has 1 aromatic carbocycles. The van der Waals surface area contributed by atoms with E-state index >= 15 is 0 Å². The summed E-state index contributed by atoms with van der Waals surface area (Å²) >= 11 is 9.95. The van der Waals surface area contributed by atoms with Gasteiger partial charge < -0.3 is 10.0 Å². The van der Waals surface area contributed by atoms with Crippen molar-refractivity contribution in [2.24, 2.45) is 0 Å². The van der Waals surface area contributed by atoms with Gasteiger partial charge in [-0.1, -0.05) is 12.1 Å². The van der Waals surface area contributed by atoms with Crippen LogP contribution in [0.4, 0.5) is 5.69 Å². The fraction of sp³-hybridized carbons (Fsp3) is 0.250. The van der Waals surface area contributed by atoms with Crippen molar-refractivity contribution in [2.45, 2.75) is 11.4 Å². The largest absolute Gasteiger partial charge is 0.479 e. The molecule has 104 valence electrons. The molecule has 3 rings (SSSR count). The molecule has 1 aromatic rings. The van der Waals surface area contributed by atoms with E-state index in [1.165, 1.54) is 21.6 Å². The highest BCUT2D eigenvalue weighted by Crippen LogP contribution is 2.39. The maximum absolute atomic E-state index is 12.5. The van der Waals surface area contributed by atoms with Crippen LogP contribution in [0.25, 0.3) is 0 Å². The molecular weight excluding hydrogens is 364 g/mol. The number of para-hydroxylation sites is 1. The van der Waals surface area contributed by atoms with Gasteiger partial charge in [0, 0.05) is 10.2 Å². The lowest BCUT2D eigenvalue weighted by Gasteiger charge is -2.23. The zero-order valence-corrected chi connectivity index (χ0v) is 13.2. The van der Waals surface area contributed by atoms with Crippen molar-refractivity contribution >= 4 is 62.6 Å². The molecule has 2 aliphatic rings. The van der Waals surface area contributed by atoms with Crippen LogP contribution in [0.15, 0.2) is 28.7 Å². The summed E-state index contributed by atoms with van der Waals surface area (Å²) in [6, 6.07) is 6.76. The summed E-state index contributed by atoms with van der Waals surface area (Å²) in [5.41, 5.74) is 0.644. The predicted octanol–water partition coefficient (Wildman–Crippen LogP) is 1.91. The summed E-state index contributed by atoms with van der Waals surface area (Å²) in [4.78, 5) is 26.7. The highest BCUT2D eigenvalue weighted by atomic mass is 79.9. The lowest BCUT2D eigenvalue weighted by molar-refractivity contribution is -0.138. The first-order valence-electron chi connectivity index (χ1n) is 5.77. The van der Waals surface area contributed by atoms with Crippen molar-refractivity contribution in [3.63, 3.8) is 0 Å². The van der Waals surface area contributed by atoms with Gasteiger partial charge in [-0.05, 0) is 40.3 Å². The summed E-state index contributed by atoms with van der Waals surface area (Å²) < 4.78 is 0.747. The Labute approximate surface area is 133 Å². The van der Waals surface area contributed by atoms with Gasteiger partial charge in [-0.2, -0.15) is 0 Å². The van der Waals surface area contributed by atoms with Crippen molar-refractivity contribution in [1.82, 2.24) is 4.90 Å². The normalized spacial score (nSPS) is 25.2. The SMILES string of the molecule is O=C(O)[C@@H]1SC[C@@H]2C(=O)N(c3ccccc3Br)C(=S)N21. The first-order chi connectivity index (χ1) is 9.52. The molecule has 0 unspecified atom stereocenters. The van der Waals surface area contributed by atoms with Crippen LogP contribution < -0.4 is 4.90 Å². The van der Waals surface area contributed by atoms with E-state index in [9.17, 15) is 14.7 Å². The highest BCUT2D eigenvalue weighted by Gasteiger charge is 2.53. The van der Waals surface area contributed by atoms with Crippen LogP contribution in [-0.4, -0.2) is 44.2 Å². The van der Waals surface area contributed by atoms with E-state index in [1.807, 2.05) is 18.2 Å². The molecule has 2 atom stereocenters. The van der Waals surface area contributed by atoms with Crippen LogP contribution in [0, 0.1) is 0 Å². The van der Waals surface area contributed by atoms with E-state index in [2.05, 4.69) is 15.9 Å². The van der Waals surface area contributed by atoms with Crippen molar-refractivity contribution in [3.05, 3.63) is 28.7 Å². The quantitative estimate of drug-likeness (QED) is 0.800. The summed E-state index contributed by atoms with van der Waals surface area (Å²) in [6.45, 7) is 0. The Kier molecular flexibility index (Phi) is 3.47. The third-order valence-corrected chi connectivity index (χ3v) is 5.54. The average Bonchev–Trinajstić information content (AvgIpc) is 2.93. The Morgan fingerprint density at radius 3 is 2.80 bits per heavy atom. The van der Waals surface area contributed by atoms with Gasteiger partial charge in [-0.25, -0.2) is 4.79 Å². The molecule has 5 nitrogen and oxygen atoms in total. The molecule has 0 aromatic heterocycles. The third-order valence-electron chi connectivity index (χ3n) is 3.22. The molecule has 1 N–H and O–H groups in total. The lowest BCUT2D eigenvalue weighted by Crippen LogP contribution is -2.41. The molecule has 0 saturated carbocycles. The maximum atomic E-state index is 12.5. The number of carbonyl (C=O) groups is 2. The van der Waals surface area contributed by atoms with Crippen LogP contribution in [0.1, 0.15) is 0 Å². The minimum Gasteiger partial charge on any atom is -0.479 e. The smallest absolute Gasteiger partial charge is 0.337 e. The zero-order chi connectivity index (χ0) is 14.4. The van der Waals surface area contributed by atoms with Crippen molar-refractivity contribution in [1.29, 1.82) is 0 Å². The highest BCUT2D eigenvalue weighted by molar-refractivity contribution is 9.10. The van der Waals surface area contributed by atoms with E-state index in [0.29, 0.717) is 11.4 Å². The van der Waals surface area contributed by atoms with Gasteiger partial charge in [-0.3, -0.25) is 9.69 Å². The molecule has 8 heteroatoms. The van der Waals surface area contributed by atoms with E-state index in [0.717, 1.165) is 4.47 Å². The number of thioether (sulfide) groups is 1. The number of nitrogens with zero attached hydrogens (tertiary/aromatic N) is 2. The maximum Gasteiger partial charge on any atom is 0.337 e. The number of carboxylic acids is 1. The van der Waals surface area contributed by atoms with Crippen molar-refractivity contribution < 1.29 is 14.7 Å². The third kappa shape index (κ3) is 1.94. The molecule has 2 saturated heterocycles. The summed E-state index contributed by atoms with van der Waals surface area (Å²) in [6.07, 6.45) is 0. The number of halogens is 1. The summed E-state index contributed by atoms with van der Waals surface area (Å²) in [7, 11) is 0. The lowest BCUT2D eigenvalue weighted by atomic mass is 10.2. The molecule has 1 amide bonds. The molecule has 0 aliphatic carbocycles. The molecule has 2 heterocycles. The molecule has 0 radical (unpaired) electrons. The van der Waals surface area contributed by atoms with Crippen LogP contribution in [0.2, 0.25) is 0 Å². The second-order valence-electron chi connectivity index (χ2n) is 4.35. The Hall–Kier alpha value is -1.12. The van der Waals surface area contributed by atoms with Gasteiger partial charge in [0.05, 0.1) is 5.69 Å². The van der Waals surface area contributed by atoms with Crippen LogP contribution in [0.3, 0.4) is 0 Å². The molecule has 0 spiro atoms. The number of thiocarbonyl (C=S) groups is 1. The average molecular weight is 373 g/mol. The van der Waals surface area contributed by atoms with Crippen LogP contribution >= 0.6 is 39.9 Å². The monoisotopic (exact) mass is 372 g/mol. The van der Waals surface area contributed by atoms with E-state index in [4.69, 9.17) is 12.2 Å². The van der Waals surface area contributed by atoms with Gasteiger partial charge in [-0.15, -0.1) is 11.8 Å². The van der Waals surface area contributed by atoms with Gasteiger partial charge in [0.1, 0.15) is 6.04 Å². The molecule has 2 fully saturated rings. The summed E-state index contributed by atoms with van der Waals surface area (Å²) in [5, 5.41) is 8.68. The van der Waals surface area contributed by atoms with Gasteiger partial charge in [0.25, 0.3) is 5.91 Å². The van der Waals surface area contributed by atoms with Crippen molar-refractivity contribution in [3.8, 4) is 0 Å². The number of carbonyl (C=O) groups excluding carboxylic acids is 1. The van der Waals surface area contributed by atoms with E-state index < -0.39 is 17.4 Å². The fourth-order valence-corrected chi connectivity index (χ4v) is 4.50. The standard InChI is InChI=1S/C12H9BrN2O3S2/c13-6-3-1-2-4-7(6)14-9(16)8-5-20-10(11(17)18)15(8)12(14)19/h1-4,8,10H,5H2,(H,17,18)/t8-,10+/m1/s1. The number of hydrogen-bond donors (Lipinski definition) is 1. The van der Waals surface area contributed by atoms with E-state index in [-0.39, 0.29) is 11.0 Å². The number of amides is 1. The van der Waals surface area contributed by atoms with Crippen LogP contribution in [0.5, 0.6) is 0 Å². The number of anilines is 1. The Balaban J connectivity index is 2.01. The Morgan fingerprint density at radius 2 is 2.15 bits per heavy atom. The first kappa shape index (κ1) is 13.8. The first-order valence-corrected chi connectivity index (χ1v) is 8.02. The van der Waals surface area contributed by atoms with Gasteiger partial charge >= 0.3 is 5.97 Å². The number of hydrogen-bond acceptors (Lipinski definition) is 4. The molecule has 0 bridgehead atoms. The van der Waals surface area contributed by atoms with Gasteiger partial charge in [0.2, 0.25) is 0 Å². The number of aliphatic carboxylic acids is 1. The predicted molar refractivity (Wildman–Crippen MR) is 83.7 cm³/mol. The minimum atomic E-state index is -0.971. The number of benzene rings is 1. The molecule has 2 aliphatic heterocycles. The second kappa shape index (κ2) is 5.01. The summed E-state index contributed by atoms with van der Waals surface area (Å²) in [5.74, 6) is -0.698. The van der Waals surface area contributed by atoms with Gasteiger partial charge in [0.15, 0.2) is 10.5 Å². The number of carboxylic acid groups (broad SMARTS) is 1. The fourth-order valence-electron chi connectivity index (χ4n) is 2.33. The Morgan fingerprint density at radius 1 is 1.45 bits per heavy atom. The van der Waals surface area contributed by atoms with E-state index in [1.54, 1.807) is 6.07 Å². The Bertz CT molecular complexity index is 624. The van der Waals surface area contributed by atoms with Crippen molar-refractivity contribution in [2.75, 3.05) is 10.7 Å². The molecule has 20 heavy (non-hydrogen) atoms. The second-order valence-corrected chi connectivity index (χ2v) is 6.69.